The molecule has 0 amide bonds. The number of halogens is 2. The van der Waals surface area contributed by atoms with Crippen molar-refractivity contribution in [3.8, 4) is 0 Å². The van der Waals surface area contributed by atoms with E-state index in [0.29, 0.717) is 18.0 Å². The molecular formula is C17H28FIN4. The zero-order valence-electron chi connectivity index (χ0n) is 14.0. The summed E-state index contributed by atoms with van der Waals surface area (Å²) in [5, 5.41) is 6.61. The Balaban J connectivity index is 0.00000264. The molecule has 0 spiro atoms. The third-order valence-electron chi connectivity index (χ3n) is 4.08. The van der Waals surface area contributed by atoms with Crippen LogP contribution in [0, 0.1) is 11.7 Å². The number of hydrogen-bond donors (Lipinski definition) is 2. The molecule has 6 heteroatoms. The SMILES string of the molecule is CCNC(=NCc1ccccc1F)NCC1CCN(CC)C1.I. The first-order valence-corrected chi connectivity index (χ1v) is 8.20. The Morgan fingerprint density at radius 2 is 2.09 bits per heavy atom. The van der Waals surface area contributed by atoms with Gasteiger partial charge in [-0.3, -0.25) is 0 Å². The molecule has 2 rings (SSSR count). The molecule has 1 aliphatic rings. The van der Waals surface area contributed by atoms with Crippen LogP contribution in [-0.4, -0.2) is 43.6 Å². The molecule has 0 radical (unpaired) electrons. The van der Waals surface area contributed by atoms with Crippen molar-refractivity contribution in [2.24, 2.45) is 10.9 Å². The number of nitrogens with one attached hydrogen (secondary N) is 2. The molecule has 4 nitrogen and oxygen atoms in total. The second-order valence-corrected chi connectivity index (χ2v) is 5.72. The smallest absolute Gasteiger partial charge is 0.191 e. The molecule has 130 valence electrons. The minimum Gasteiger partial charge on any atom is -0.357 e. The number of likely N-dealkylation sites (tertiary alicyclic amines) is 1. The van der Waals surface area contributed by atoms with Crippen molar-refractivity contribution in [2.75, 3.05) is 32.7 Å². The molecule has 1 aromatic carbocycles. The summed E-state index contributed by atoms with van der Waals surface area (Å²) in [6.07, 6.45) is 1.23. The molecular weight excluding hydrogens is 406 g/mol. The Kier molecular flexibility index (Phi) is 9.47. The van der Waals surface area contributed by atoms with Crippen LogP contribution in [0.3, 0.4) is 0 Å². The van der Waals surface area contributed by atoms with Gasteiger partial charge in [-0.05, 0) is 38.4 Å². The number of guanidine groups is 1. The largest absolute Gasteiger partial charge is 0.357 e. The minimum atomic E-state index is -0.198. The molecule has 1 unspecified atom stereocenters. The summed E-state index contributed by atoms with van der Waals surface area (Å²) >= 11 is 0. The summed E-state index contributed by atoms with van der Waals surface area (Å²) in [4.78, 5) is 6.95. The van der Waals surface area contributed by atoms with Crippen molar-refractivity contribution in [2.45, 2.75) is 26.8 Å². The summed E-state index contributed by atoms with van der Waals surface area (Å²) in [6, 6.07) is 6.79. The van der Waals surface area contributed by atoms with Gasteiger partial charge in [-0.15, -0.1) is 24.0 Å². The van der Waals surface area contributed by atoms with Crippen molar-refractivity contribution < 1.29 is 4.39 Å². The van der Waals surface area contributed by atoms with Gasteiger partial charge >= 0.3 is 0 Å². The summed E-state index contributed by atoms with van der Waals surface area (Å²) in [7, 11) is 0. The van der Waals surface area contributed by atoms with Gasteiger partial charge in [0.05, 0.1) is 6.54 Å². The number of nitrogens with zero attached hydrogens (tertiary/aromatic N) is 2. The molecule has 1 fully saturated rings. The van der Waals surface area contributed by atoms with E-state index in [-0.39, 0.29) is 29.8 Å². The first-order chi connectivity index (χ1) is 10.7. The molecule has 1 heterocycles. The predicted octanol–water partition coefficient (Wildman–Crippen LogP) is 2.84. The van der Waals surface area contributed by atoms with Gasteiger partial charge in [-0.1, -0.05) is 25.1 Å². The van der Waals surface area contributed by atoms with E-state index < -0.39 is 0 Å². The summed E-state index contributed by atoms with van der Waals surface area (Å²) < 4.78 is 13.6. The van der Waals surface area contributed by atoms with Crippen LogP contribution in [0.2, 0.25) is 0 Å². The maximum Gasteiger partial charge on any atom is 0.191 e. The average molecular weight is 434 g/mol. The highest BCUT2D eigenvalue weighted by molar-refractivity contribution is 14.0. The lowest BCUT2D eigenvalue weighted by Gasteiger charge is -2.16. The second-order valence-electron chi connectivity index (χ2n) is 5.72. The van der Waals surface area contributed by atoms with Crippen LogP contribution in [0.1, 0.15) is 25.8 Å². The average Bonchev–Trinajstić information content (AvgIpc) is 2.99. The van der Waals surface area contributed by atoms with Crippen LogP contribution < -0.4 is 10.6 Å². The number of rotatable bonds is 6. The summed E-state index contributed by atoms with van der Waals surface area (Å²) in [5.41, 5.74) is 0.623. The van der Waals surface area contributed by atoms with Gasteiger partial charge in [-0.25, -0.2) is 9.38 Å². The van der Waals surface area contributed by atoms with Crippen LogP contribution in [0.25, 0.3) is 0 Å². The highest BCUT2D eigenvalue weighted by Gasteiger charge is 2.20. The van der Waals surface area contributed by atoms with Crippen LogP contribution in [0.5, 0.6) is 0 Å². The van der Waals surface area contributed by atoms with E-state index in [0.717, 1.165) is 32.1 Å². The Labute approximate surface area is 156 Å². The van der Waals surface area contributed by atoms with E-state index in [9.17, 15) is 4.39 Å². The normalized spacial score (nSPS) is 18.6. The number of hydrogen-bond acceptors (Lipinski definition) is 2. The molecule has 1 atom stereocenters. The van der Waals surface area contributed by atoms with E-state index in [1.165, 1.54) is 19.0 Å². The highest BCUT2D eigenvalue weighted by Crippen LogP contribution is 2.14. The lowest BCUT2D eigenvalue weighted by atomic mass is 10.1. The monoisotopic (exact) mass is 434 g/mol. The van der Waals surface area contributed by atoms with Crippen molar-refractivity contribution in [1.82, 2.24) is 15.5 Å². The molecule has 2 N–H and O–H groups in total. The third kappa shape index (κ3) is 6.63. The lowest BCUT2D eigenvalue weighted by molar-refractivity contribution is 0.342. The van der Waals surface area contributed by atoms with Gasteiger partial charge in [0.2, 0.25) is 0 Å². The van der Waals surface area contributed by atoms with Crippen LogP contribution in [0.15, 0.2) is 29.3 Å². The maximum absolute atomic E-state index is 13.6. The van der Waals surface area contributed by atoms with Gasteiger partial charge in [0.15, 0.2) is 5.96 Å². The number of benzene rings is 1. The molecule has 0 aromatic heterocycles. The first-order valence-electron chi connectivity index (χ1n) is 8.20. The van der Waals surface area contributed by atoms with Crippen molar-refractivity contribution >= 4 is 29.9 Å². The maximum atomic E-state index is 13.6. The summed E-state index contributed by atoms with van der Waals surface area (Å²) in [6.45, 7) is 9.77. The van der Waals surface area contributed by atoms with Gasteiger partial charge in [0.25, 0.3) is 0 Å². The topological polar surface area (TPSA) is 39.7 Å². The minimum absolute atomic E-state index is 0. The Morgan fingerprint density at radius 1 is 1.30 bits per heavy atom. The fraction of sp³-hybridized carbons (Fsp3) is 0.588. The van der Waals surface area contributed by atoms with Crippen LogP contribution in [0.4, 0.5) is 4.39 Å². The highest BCUT2D eigenvalue weighted by atomic mass is 127. The molecule has 1 saturated heterocycles. The Morgan fingerprint density at radius 3 is 2.74 bits per heavy atom. The molecule has 0 aliphatic carbocycles. The first kappa shape index (κ1) is 20.2. The Hall–Kier alpha value is -0.890. The van der Waals surface area contributed by atoms with Crippen molar-refractivity contribution in [3.63, 3.8) is 0 Å². The van der Waals surface area contributed by atoms with Crippen LogP contribution >= 0.6 is 24.0 Å². The van der Waals surface area contributed by atoms with Gasteiger partial charge < -0.3 is 15.5 Å². The lowest BCUT2D eigenvalue weighted by Crippen LogP contribution is -2.40. The van der Waals surface area contributed by atoms with E-state index in [4.69, 9.17) is 0 Å². The summed E-state index contributed by atoms with van der Waals surface area (Å²) in [5.74, 6) is 1.23. The molecule has 0 bridgehead atoms. The zero-order chi connectivity index (χ0) is 15.8. The second kappa shape index (κ2) is 10.8. The standard InChI is InChI=1S/C17H27FN4.HI/c1-3-19-17(20-11-14-9-10-22(4-2)13-14)21-12-15-7-5-6-8-16(15)18;/h5-8,14H,3-4,9-13H2,1-2H3,(H2,19,20,21);1H. The third-order valence-corrected chi connectivity index (χ3v) is 4.08. The van der Waals surface area contributed by atoms with Gasteiger partial charge in [0, 0.05) is 25.2 Å². The molecule has 0 saturated carbocycles. The fourth-order valence-electron chi connectivity index (χ4n) is 2.74. The van der Waals surface area contributed by atoms with E-state index in [1.54, 1.807) is 12.1 Å². The van der Waals surface area contributed by atoms with E-state index >= 15 is 0 Å². The molecule has 1 aliphatic heterocycles. The zero-order valence-corrected chi connectivity index (χ0v) is 16.3. The van der Waals surface area contributed by atoms with E-state index in [2.05, 4.69) is 27.4 Å². The fourth-order valence-corrected chi connectivity index (χ4v) is 2.74. The quantitative estimate of drug-likeness (QED) is 0.411. The van der Waals surface area contributed by atoms with E-state index in [1.807, 2.05) is 13.0 Å². The molecule has 23 heavy (non-hydrogen) atoms. The Bertz CT molecular complexity index is 495. The van der Waals surface area contributed by atoms with Crippen molar-refractivity contribution in [3.05, 3.63) is 35.6 Å². The van der Waals surface area contributed by atoms with Crippen molar-refractivity contribution in [1.29, 1.82) is 0 Å². The van der Waals surface area contributed by atoms with Gasteiger partial charge in [-0.2, -0.15) is 0 Å². The van der Waals surface area contributed by atoms with Crippen LogP contribution in [-0.2, 0) is 6.54 Å². The predicted molar refractivity (Wildman–Crippen MR) is 105 cm³/mol. The van der Waals surface area contributed by atoms with Gasteiger partial charge in [0.1, 0.15) is 5.82 Å². The molecule has 1 aromatic rings. The number of aliphatic imine (C=N–C) groups is 1.